The number of nitrogens with zero attached hydrogens (tertiary/aromatic N) is 1. The van der Waals surface area contributed by atoms with Crippen molar-refractivity contribution < 1.29 is 22.4 Å². The minimum atomic E-state index is -3.71. The summed E-state index contributed by atoms with van der Waals surface area (Å²) in [7, 11) is 0.778. The van der Waals surface area contributed by atoms with E-state index in [2.05, 4.69) is 10.6 Å². The van der Waals surface area contributed by atoms with Crippen molar-refractivity contribution in [1.29, 1.82) is 0 Å². The zero-order valence-corrected chi connectivity index (χ0v) is 17.3. The predicted octanol–water partition coefficient (Wildman–Crippen LogP) is 1.01. The fourth-order valence-electron chi connectivity index (χ4n) is 2.99. The molecule has 1 amide bonds. The third kappa shape index (κ3) is 4.98. The van der Waals surface area contributed by atoms with Gasteiger partial charge in [0, 0.05) is 39.2 Å². The monoisotopic (exact) mass is 409 g/mol. The van der Waals surface area contributed by atoms with Gasteiger partial charge in [0.05, 0.1) is 12.2 Å². The Morgan fingerprint density at radius 1 is 1.38 bits per heavy atom. The number of aryl methyl sites for hydroxylation is 1. The second kappa shape index (κ2) is 9.18. The van der Waals surface area contributed by atoms with Crippen molar-refractivity contribution >= 4 is 28.3 Å². The molecule has 0 spiro atoms. The maximum atomic E-state index is 12.5. The number of hydrogen-bond donors (Lipinski definition) is 2. The Morgan fingerprint density at radius 3 is 2.54 bits per heavy atom. The van der Waals surface area contributed by atoms with Gasteiger partial charge in [-0.3, -0.25) is 4.79 Å². The SMILES string of the molecule is COCC1(CNC(=O)c2cc(S(=O)(=O)N(C)C)oc2C)CCNCC1.Cl. The first-order valence-electron chi connectivity index (χ1n) is 8.23. The van der Waals surface area contributed by atoms with Crippen LogP contribution in [0, 0.1) is 12.3 Å². The van der Waals surface area contributed by atoms with E-state index >= 15 is 0 Å². The lowest BCUT2D eigenvalue weighted by molar-refractivity contribution is 0.0511. The van der Waals surface area contributed by atoms with Crippen LogP contribution in [0.3, 0.4) is 0 Å². The molecule has 0 saturated carbocycles. The van der Waals surface area contributed by atoms with E-state index in [4.69, 9.17) is 9.15 Å². The highest BCUT2D eigenvalue weighted by Crippen LogP contribution is 2.28. The standard InChI is InChI=1S/C16H27N3O5S.ClH/c1-12-13(9-14(24-12)25(21,22)19(2)3)15(20)18-10-16(11-23-4)5-7-17-8-6-16;/h9,17H,5-8,10-11H2,1-4H3,(H,18,20);1H. The molecule has 1 fully saturated rings. The number of piperidine rings is 1. The summed E-state index contributed by atoms with van der Waals surface area (Å²) in [5.74, 6) is -0.0560. The number of ether oxygens (including phenoxy) is 1. The molecule has 26 heavy (non-hydrogen) atoms. The number of rotatable bonds is 7. The van der Waals surface area contributed by atoms with Crippen molar-refractivity contribution in [3.8, 4) is 0 Å². The number of furan rings is 1. The number of methoxy groups -OCH3 is 1. The lowest BCUT2D eigenvalue weighted by atomic mass is 9.79. The highest BCUT2D eigenvalue weighted by atomic mass is 35.5. The second-order valence-electron chi connectivity index (χ2n) is 6.69. The first kappa shape index (κ1) is 22.9. The van der Waals surface area contributed by atoms with Crippen molar-refractivity contribution in [2.24, 2.45) is 5.41 Å². The molecular formula is C16H28ClN3O5S. The van der Waals surface area contributed by atoms with Crippen molar-refractivity contribution in [2.45, 2.75) is 24.9 Å². The number of sulfonamides is 1. The first-order chi connectivity index (χ1) is 11.7. The Labute approximate surface area is 161 Å². The van der Waals surface area contributed by atoms with Gasteiger partial charge in [0.25, 0.3) is 15.9 Å². The molecule has 0 bridgehead atoms. The van der Waals surface area contributed by atoms with Crippen LogP contribution in [0.2, 0.25) is 0 Å². The van der Waals surface area contributed by atoms with Crippen LogP contribution in [0.25, 0.3) is 0 Å². The van der Waals surface area contributed by atoms with Crippen LogP contribution in [0.5, 0.6) is 0 Å². The Kier molecular flexibility index (Phi) is 8.09. The quantitative estimate of drug-likeness (QED) is 0.696. The number of carbonyl (C=O) groups is 1. The molecule has 2 heterocycles. The molecule has 1 aromatic rings. The molecule has 0 atom stereocenters. The van der Waals surface area contributed by atoms with Gasteiger partial charge in [0.2, 0.25) is 5.09 Å². The number of hydrogen-bond acceptors (Lipinski definition) is 6. The molecule has 2 N–H and O–H groups in total. The van der Waals surface area contributed by atoms with Gasteiger partial charge in [-0.25, -0.2) is 12.7 Å². The zero-order valence-electron chi connectivity index (χ0n) is 15.6. The summed E-state index contributed by atoms with van der Waals surface area (Å²) in [6, 6.07) is 1.28. The third-order valence-electron chi connectivity index (χ3n) is 4.61. The molecule has 2 rings (SSSR count). The molecule has 0 radical (unpaired) electrons. The number of nitrogens with one attached hydrogen (secondary N) is 2. The molecule has 0 aliphatic carbocycles. The van der Waals surface area contributed by atoms with Crippen LogP contribution < -0.4 is 10.6 Å². The number of amides is 1. The molecule has 0 unspecified atom stereocenters. The Hall–Kier alpha value is -1.13. The van der Waals surface area contributed by atoms with Crippen molar-refractivity contribution in [2.75, 3.05) is 47.4 Å². The van der Waals surface area contributed by atoms with Gasteiger partial charge >= 0.3 is 0 Å². The van der Waals surface area contributed by atoms with Crippen LogP contribution in [0.15, 0.2) is 15.6 Å². The Morgan fingerprint density at radius 2 is 2.00 bits per heavy atom. The molecule has 1 aliphatic rings. The van der Waals surface area contributed by atoms with E-state index in [9.17, 15) is 13.2 Å². The van der Waals surface area contributed by atoms with E-state index in [1.807, 2.05) is 0 Å². The zero-order chi connectivity index (χ0) is 18.7. The van der Waals surface area contributed by atoms with Crippen LogP contribution >= 0.6 is 12.4 Å². The fraction of sp³-hybridized carbons (Fsp3) is 0.688. The average molecular weight is 410 g/mol. The summed E-state index contributed by atoms with van der Waals surface area (Å²) in [5.41, 5.74) is 0.133. The molecule has 1 aromatic heterocycles. The highest BCUT2D eigenvalue weighted by Gasteiger charge is 2.33. The summed E-state index contributed by atoms with van der Waals surface area (Å²) in [6.07, 6.45) is 1.82. The molecule has 1 aliphatic heterocycles. The smallest absolute Gasteiger partial charge is 0.275 e. The van der Waals surface area contributed by atoms with Gasteiger partial charge in [-0.1, -0.05) is 0 Å². The molecule has 10 heteroatoms. The van der Waals surface area contributed by atoms with Crippen molar-refractivity contribution in [3.63, 3.8) is 0 Å². The summed E-state index contributed by atoms with van der Waals surface area (Å²) in [5, 5.41) is 5.99. The van der Waals surface area contributed by atoms with Gasteiger partial charge in [-0.05, 0) is 32.9 Å². The average Bonchev–Trinajstić information content (AvgIpc) is 2.96. The third-order valence-corrected chi connectivity index (χ3v) is 6.28. The maximum absolute atomic E-state index is 12.5. The summed E-state index contributed by atoms with van der Waals surface area (Å²) < 4.78 is 36.0. The van der Waals surface area contributed by atoms with Gasteiger partial charge in [0.1, 0.15) is 5.76 Å². The van der Waals surface area contributed by atoms with Gasteiger partial charge < -0.3 is 19.8 Å². The van der Waals surface area contributed by atoms with Crippen LogP contribution in [0.1, 0.15) is 29.0 Å². The molecule has 150 valence electrons. The van der Waals surface area contributed by atoms with Gasteiger partial charge in [-0.2, -0.15) is 0 Å². The normalized spacial score (nSPS) is 17.0. The molecule has 8 nitrogen and oxygen atoms in total. The Balaban J connectivity index is 0.00000338. The molecule has 0 aromatic carbocycles. The lowest BCUT2D eigenvalue weighted by Gasteiger charge is -2.37. The van der Waals surface area contributed by atoms with Gasteiger partial charge in [-0.15, -0.1) is 12.4 Å². The first-order valence-corrected chi connectivity index (χ1v) is 9.67. The minimum absolute atomic E-state index is 0. The van der Waals surface area contributed by atoms with Crippen LogP contribution in [-0.4, -0.2) is 66.1 Å². The van der Waals surface area contributed by atoms with E-state index in [-0.39, 0.29) is 40.1 Å². The van der Waals surface area contributed by atoms with Crippen LogP contribution in [0.4, 0.5) is 0 Å². The topological polar surface area (TPSA) is 101 Å². The van der Waals surface area contributed by atoms with Crippen molar-refractivity contribution in [1.82, 2.24) is 14.9 Å². The molecular weight excluding hydrogens is 382 g/mol. The highest BCUT2D eigenvalue weighted by molar-refractivity contribution is 7.88. The minimum Gasteiger partial charge on any atom is -0.448 e. The van der Waals surface area contributed by atoms with E-state index < -0.39 is 10.0 Å². The van der Waals surface area contributed by atoms with E-state index in [1.165, 1.54) is 20.2 Å². The summed E-state index contributed by atoms with van der Waals surface area (Å²) in [4.78, 5) is 12.5. The Bertz CT molecular complexity index is 706. The lowest BCUT2D eigenvalue weighted by Crippen LogP contribution is -2.47. The van der Waals surface area contributed by atoms with Gasteiger partial charge in [0.15, 0.2) is 0 Å². The number of halogens is 1. The fourth-order valence-corrected chi connectivity index (χ4v) is 3.84. The van der Waals surface area contributed by atoms with E-state index in [1.54, 1.807) is 14.0 Å². The maximum Gasteiger partial charge on any atom is 0.275 e. The number of carbonyl (C=O) groups excluding carboxylic acids is 1. The van der Waals surface area contributed by atoms with E-state index in [0.29, 0.717) is 13.2 Å². The summed E-state index contributed by atoms with van der Waals surface area (Å²) >= 11 is 0. The van der Waals surface area contributed by atoms with Crippen molar-refractivity contribution in [3.05, 3.63) is 17.4 Å². The molecule has 1 saturated heterocycles. The summed E-state index contributed by atoms with van der Waals surface area (Å²) in [6.45, 7) is 4.39. The second-order valence-corrected chi connectivity index (χ2v) is 8.77. The largest absolute Gasteiger partial charge is 0.448 e. The van der Waals surface area contributed by atoms with E-state index in [0.717, 1.165) is 30.2 Å². The van der Waals surface area contributed by atoms with Crippen LogP contribution in [-0.2, 0) is 14.8 Å². The predicted molar refractivity (Wildman–Crippen MR) is 100 cm³/mol.